The number of aryl methyl sites for hydroxylation is 2. The van der Waals surface area contributed by atoms with Crippen LogP contribution in [0.25, 0.3) is 38.5 Å². The highest BCUT2D eigenvalue weighted by molar-refractivity contribution is 6.12. The van der Waals surface area contributed by atoms with Crippen molar-refractivity contribution >= 4 is 55.6 Å². The van der Waals surface area contributed by atoms with E-state index in [0.717, 1.165) is 61.5 Å². The normalized spacial score (nSPS) is 11.2. The third-order valence-corrected chi connectivity index (χ3v) is 7.48. The molecule has 2 N–H and O–H groups in total. The van der Waals surface area contributed by atoms with Crippen LogP contribution in [0.1, 0.15) is 11.1 Å². The second kappa shape index (κ2) is 9.83. The Morgan fingerprint density at radius 2 is 1.15 bits per heavy atom. The van der Waals surface area contributed by atoms with Crippen LogP contribution in [0.4, 0.5) is 22.7 Å². The van der Waals surface area contributed by atoms with Crippen LogP contribution in [0.3, 0.4) is 0 Å². The van der Waals surface area contributed by atoms with E-state index in [1.807, 2.05) is 24.3 Å². The first-order valence-corrected chi connectivity index (χ1v) is 13.6. The lowest BCUT2D eigenvalue weighted by atomic mass is 10.0. The van der Waals surface area contributed by atoms with E-state index in [1.54, 1.807) is 0 Å². The molecular weight excluding hydrogens is 488 g/mol. The maximum atomic E-state index is 5.31. The van der Waals surface area contributed by atoms with Crippen LogP contribution in [0.2, 0.25) is 0 Å². The molecule has 0 unspecified atom stereocenters. The lowest BCUT2D eigenvalue weighted by Crippen LogP contribution is -2.33. The molecule has 0 amide bonds. The minimum absolute atomic E-state index is 0.957. The minimum Gasteiger partial charge on any atom is -0.355 e. The zero-order valence-corrected chi connectivity index (χ0v) is 22.5. The van der Waals surface area contributed by atoms with Gasteiger partial charge in [0.15, 0.2) is 0 Å². The molecule has 192 valence electrons. The van der Waals surface area contributed by atoms with Crippen molar-refractivity contribution in [1.29, 1.82) is 0 Å². The standard InChI is InChI=1S/C36H28N4/c1-24-13-12-20-29-35(24)32(38-27-16-8-4-9-17-27)23-34-36(29)39-31-21-25(2)30(37-26-14-6-3-7-15-26)22-33(31)40(34)28-18-10-5-11-19-28/h3-23H,1-2H3,(H,37,38)/p+1. The number of nitrogens with zero attached hydrogens (tertiary/aromatic N) is 2. The first-order valence-electron chi connectivity index (χ1n) is 13.6. The predicted octanol–water partition coefficient (Wildman–Crippen LogP) is 8.92. The molecule has 0 aliphatic carbocycles. The highest BCUT2D eigenvalue weighted by Crippen LogP contribution is 2.36. The van der Waals surface area contributed by atoms with Crippen LogP contribution in [0.15, 0.2) is 127 Å². The zero-order chi connectivity index (χ0) is 27.1. The van der Waals surface area contributed by atoms with E-state index < -0.39 is 0 Å². The largest absolute Gasteiger partial charge is 0.355 e. The summed E-state index contributed by atoms with van der Waals surface area (Å²) in [4.78, 5) is 5.31. The summed E-state index contributed by atoms with van der Waals surface area (Å²) in [5.74, 6) is 0. The smallest absolute Gasteiger partial charge is 0.240 e. The number of rotatable bonds is 5. The van der Waals surface area contributed by atoms with Gasteiger partial charge in [-0.2, -0.15) is 0 Å². The van der Waals surface area contributed by atoms with Crippen molar-refractivity contribution in [2.24, 2.45) is 0 Å². The Morgan fingerprint density at radius 3 is 1.82 bits per heavy atom. The summed E-state index contributed by atoms with van der Waals surface area (Å²) >= 11 is 0. The summed E-state index contributed by atoms with van der Waals surface area (Å²) < 4.78 is 2.34. The molecular formula is C36H29N4+. The van der Waals surface area contributed by atoms with Gasteiger partial charge in [-0.05, 0) is 55.3 Å². The Balaban J connectivity index is 1.57. The van der Waals surface area contributed by atoms with Gasteiger partial charge < -0.3 is 10.6 Å². The number of para-hydroxylation sites is 3. The van der Waals surface area contributed by atoms with Crippen molar-refractivity contribution in [3.63, 3.8) is 0 Å². The van der Waals surface area contributed by atoms with E-state index in [9.17, 15) is 0 Å². The van der Waals surface area contributed by atoms with Crippen LogP contribution < -0.4 is 15.2 Å². The Hall–Kier alpha value is -5.22. The van der Waals surface area contributed by atoms with Gasteiger partial charge in [0, 0.05) is 52.1 Å². The summed E-state index contributed by atoms with van der Waals surface area (Å²) in [6.07, 6.45) is 0. The fourth-order valence-corrected chi connectivity index (χ4v) is 5.57. The van der Waals surface area contributed by atoms with Crippen molar-refractivity contribution in [3.8, 4) is 5.69 Å². The Bertz CT molecular complexity index is 2000. The Morgan fingerprint density at radius 1 is 0.550 bits per heavy atom. The summed E-state index contributed by atoms with van der Waals surface area (Å²) in [6, 6.07) is 44.4. The molecule has 7 aromatic rings. The molecule has 1 aromatic heterocycles. The second-order valence-corrected chi connectivity index (χ2v) is 10.2. The zero-order valence-electron chi connectivity index (χ0n) is 22.5. The number of anilines is 4. The van der Waals surface area contributed by atoms with Gasteiger partial charge in [-0.3, -0.25) is 0 Å². The lowest BCUT2D eigenvalue weighted by Gasteiger charge is -2.15. The van der Waals surface area contributed by atoms with E-state index in [1.165, 1.54) is 10.9 Å². The number of nitrogens with one attached hydrogen (secondary N) is 2. The van der Waals surface area contributed by atoms with Crippen LogP contribution >= 0.6 is 0 Å². The highest BCUT2D eigenvalue weighted by atomic mass is 15.0. The molecule has 0 spiro atoms. The number of benzene rings is 6. The molecule has 0 bridgehead atoms. The molecule has 0 saturated carbocycles. The SMILES string of the molecule is Cc1cc2nc3c4cccc(C)c4c(Nc4ccccc4)cc3[n+](-c3ccccc3)c2cc1Nc1ccccc1. The fourth-order valence-electron chi connectivity index (χ4n) is 5.57. The second-order valence-electron chi connectivity index (χ2n) is 10.2. The molecule has 0 atom stereocenters. The van der Waals surface area contributed by atoms with Gasteiger partial charge in [0.25, 0.3) is 0 Å². The van der Waals surface area contributed by atoms with Crippen LogP contribution in [-0.2, 0) is 0 Å². The van der Waals surface area contributed by atoms with Gasteiger partial charge in [0.2, 0.25) is 16.7 Å². The van der Waals surface area contributed by atoms with Crippen LogP contribution in [0, 0.1) is 13.8 Å². The maximum Gasteiger partial charge on any atom is 0.240 e. The predicted molar refractivity (Wildman–Crippen MR) is 167 cm³/mol. The molecule has 0 aliphatic heterocycles. The first-order chi connectivity index (χ1) is 19.7. The number of fused-ring (bicyclic) bond motifs is 4. The van der Waals surface area contributed by atoms with Gasteiger partial charge in [0.05, 0.1) is 5.69 Å². The monoisotopic (exact) mass is 517 g/mol. The molecule has 4 heteroatoms. The van der Waals surface area contributed by atoms with E-state index in [0.29, 0.717) is 0 Å². The molecule has 1 heterocycles. The van der Waals surface area contributed by atoms with Crippen molar-refractivity contribution in [2.75, 3.05) is 10.6 Å². The molecule has 7 rings (SSSR count). The van der Waals surface area contributed by atoms with Gasteiger partial charge >= 0.3 is 0 Å². The fraction of sp³-hybridized carbons (Fsp3) is 0.0556. The molecule has 0 saturated heterocycles. The quantitative estimate of drug-likeness (QED) is 0.136. The van der Waals surface area contributed by atoms with E-state index in [-0.39, 0.29) is 0 Å². The molecule has 4 nitrogen and oxygen atoms in total. The molecule has 0 radical (unpaired) electrons. The van der Waals surface area contributed by atoms with Gasteiger partial charge in [0.1, 0.15) is 11.0 Å². The van der Waals surface area contributed by atoms with E-state index in [4.69, 9.17) is 4.98 Å². The highest BCUT2D eigenvalue weighted by Gasteiger charge is 2.24. The van der Waals surface area contributed by atoms with Crippen LogP contribution in [-0.4, -0.2) is 4.98 Å². The van der Waals surface area contributed by atoms with Crippen molar-refractivity contribution in [1.82, 2.24) is 4.98 Å². The topological polar surface area (TPSA) is 40.8 Å². The third kappa shape index (κ3) is 4.20. The number of aromatic nitrogens is 2. The van der Waals surface area contributed by atoms with Gasteiger partial charge in [-0.25, -0.2) is 4.98 Å². The average Bonchev–Trinajstić information content (AvgIpc) is 2.98. The van der Waals surface area contributed by atoms with Crippen molar-refractivity contribution in [3.05, 3.63) is 139 Å². The summed E-state index contributed by atoms with van der Waals surface area (Å²) in [5, 5.41) is 9.64. The lowest BCUT2D eigenvalue weighted by molar-refractivity contribution is -0.538. The third-order valence-electron chi connectivity index (χ3n) is 7.48. The summed E-state index contributed by atoms with van der Waals surface area (Å²) in [5.41, 5.74) is 11.7. The van der Waals surface area contributed by atoms with Crippen molar-refractivity contribution in [2.45, 2.75) is 13.8 Å². The summed E-state index contributed by atoms with van der Waals surface area (Å²) in [6.45, 7) is 4.31. The van der Waals surface area contributed by atoms with Crippen LogP contribution in [0.5, 0.6) is 0 Å². The molecule has 0 aliphatic rings. The Labute approximate surface area is 233 Å². The number of hydrogen-bond acceptors (Lipinski definition) is 3. The van der Waals surface area contributed by atoms with Gasteiger partial charge in [-0.1, -0.05) is 72.8 Å². The number of hydrogen-bond donors (Lipinski definition) is 2. The molecule has 40 heavy (non-hydrogen) atoms. The molecule has 0 fully saturated rings. The first kappa shape index (κ1) is 23.9. The van der Waals surface area contributed by atoms with E-state index >= 15 is 0 Å². The van der Waals surface area contributed by atoms with E-state index in [2.05, 4.69) is 132 Å². The minimum atomic E-state index is 0.957. The Kier molecular flexibility index (Phi) is 5.86. The van der Waals surface area contributed by atoms with Gasteiger partial charge in [-0.15, -0.1) is 4.57 Å². The molecule has 6 aromatic carbocycles. The maximum absolute atomic E-state index is 5.31. The van der Waals surface area contributed by atoms with Crippen molar-refractivity contribution < 1.29 is 4.57 Å². The average molecular weight is 518 g/mol. The summed E-state index contributed by atoms with van der Waals surface area (Å²) in [7, 11) is 0.